The van der Waals surface area contributed by atoms with Crippen LogP contribution in [0.5, 0.6) is 0 Å². The van der Waals surface area contributed by atoms with Crippen molar-refractivity contribution in [1.29, 1.82) is 0 Å². The zero-order valence-electron chi connectivity index (χ0n) is 29.1. The molecule has 0 aromatic heterocycles. The summed E-state index contributed by atoms with van der Waals surface area (Å²) in [6, 6.07) is 23.6. The molecule has 4 aromatic carbocycles. The van der Waals surface area contributed by atoms with Gasteiger partial charge in [0.15, 0.2) is 0 Å². The van der Waals surface area contributed by atoms with Gasteiger partial charge in [-0.1, -0.05) is 12.1 Å². The van der Waals surface area contributed by atoms with Gasteiger partial charge in [0.25, 0.3) is 0 Å². The van der Waals surface area contributed by atoms with E-state index in [0.717, 1.165) is 44.5 Å². The second kappa shape index (κ2) is 17.8. The molecule has 0 fully saturated rings. The van der Waals surface area contributed by atoms with Crippen molar-refractivity contribution in [3.8, 4) is 0 Å². The Labute approximate surface area is 292 Å². The van der Waals surface area contributed by atoms with Crippen LogP contribution in [0.25, 0.3) is 0 Å². The van der Waals surface area contributed by atoms with Crippen molar-refractivity contribution < 1.29 is 35.8 Å². The van der Waals surface area contributed by atoms with E-state index in [1.807, 2.05) is 121 Å². The van der Waals surface area contributed by atoms with Gasteiger partial charge in [-0.3, -0.25) is 9.59 Å². The third kappa shape index (κ3) is 10.2. The molecule has 0 saturated carbocycles. The Morgan fingerprint density at radius 2 is 0.822 bits per heavy atom. The van der Waals surface area contributed by atoms with Gasteiger partial charge >= 0.3 is 26.2 Å². The van der Waals surface area contributed by atoms with Crippen LogP contribution in [0, 0.1) is 75.4 Å². The van der Waals surface area contributed by atoms with E-state index < -0.39 is 0 Å². The SMILES string of the molecule is Cc1cc(C(=O)N(C)[C-](C)N(C)C(=O)c2cc(C)c(C)c(C)c2C)c(C)c(C)c1C.[CH2-]c1ccccc1.[CH2-]c1ccccc1.[Zr+3]. The zero-order valence-corrected chi connectivity index (χ0v) is 31.5. The minimum absolute atomic E-state index is 0. The fraction of sp³-hybridized carbons (Fsp3) is 0.275. The molecule has 45 heavy (non-hydrogen) atoms. The number of nitrogens with zero attached hydrogens (tertiary/aromatic N) is 2. The molecule has 0 N–H and O–H groups in total. The molecule has 4 rings (SSSR count). The van der Waals surface area contributed by atoms with Gasteiger partial charge in [-0.05, 0) is 126 Å². The summed E-state index contributed by atoms with van der Waals surface area (Å²) in [7, 11) is 3.45. The van der Waals surface area contributed by atoms with E-state index in [4.69, 9.17) is 0 Å². The van der Waals surface area contributed by atoms with E-state index in [1.54, 1.807) is 23.9 Å². The molecule has 1 radical (unpaired) electrons. The molecular formula is C40H49N2O2Zr. The van der Waals surface area contributed by atoms with Gasteiger partial charge in [-0.25, -0.2) is 0 Å². The Morgan fingerprint density at radius 3 is 1.07 bits per heavy atom. The number of hydrogen-bond donors (Lipinski definition) is 0. The van der Waals surface area contributed by atoms with Crippen molar-refractivity contribution in [3.63, 3.8) is 0 Å². The smallest absolute Gasteiger partial charge is 0.469 e. The summed E-state index contributed by atoms with van der Waals surface area (Å²) >= 11 is 0. The normalized spacial score (nSPS) is 10.0. The second-order valence-electron chi connectivity index (χ2n) is 11.5. The monoisotopic (exact) mass is 679 g/mol. The molecule has 0 bridgehead atoms. The maximum atomic E-state index is 13.3. The van der Waals surface area contributed by atoms with Gasteiger partial charge in [-0.2, -0.15) is 56.2 Å². The van der Waals surface area contributed by atoms with Crippen LogP contribution < -0.4 is 0 Å². The molecule has 0 aliphatic heterocycles. The van der Waals surface area contributed by atoms with Crippen LogP contribution in [0.15, 0.2) is 72.8 Å². The predicted molar refractivity (Wildman–Crippen MR) is 186 cm³/mol. The summed E-state index contributed by atoms with van der Waals surface area (Å²) in [5.41, 5.74) is 12.3. The first-order valence-corrected chi connectivity index (χ1v) is 14.9. The first-order chi connectivity index (χ1) is 20.6. The molecule has 2 amide bonds. The molecule has 0 unspecified atom stereocenters. The molecule has 4 nitrogen and oxygen atoms in total. The predicted octanol–water partition coefficient (Wildman–Crippen LogP) is 9.24. The number of carbonyl (C=O) groups is 2. The van der Waals surface area contributed by atoms with Crippen molar-refractivity contribution in [2.24, 2.45) is 0 Å². The van der Waals surface area contributed by atoms with Gasteiger partial charge < -0.3 is 9.80 Å². The van der Waals surface area contributed by atoms with E-state index in [0.29, 0.717) is 17.3 Å². The van der Waals surface area contributed by atoms with Gasteiger partial charge in [-0.15, -0.1) is 30.4 Å². The summed E-state index contributed by atoms with van der Waals surface area (Å²) in [4.78, 5) is 29.7. The van der Waals surface area contributed by atoms with Crippen LogP contribution in [0.2, 0.25) is 0 Å². The minimum Gasteiger partial charge on any atom is -0.469 e. The molecule has 0 saturated heterocycles. The zero-order chi connectivity index (χ0) is 33.3. The minimum atomic E-state index is -0.108. The number of rotatable bonds is 4. The summed E-state index contributed by atoms with van der Waals surface area (Å²) in [6.45, 7) is 25.5. The van der Waals surface area contributed by atoms with E-state index in [1.165, 1.54) is 11.1 Å². The van der Waals surface area contributed by atoms with Crippen molar-refractivity contribution in [2.45, 2.75) is 62.3 Å². The molecule has 0 aliphatic rings. The summed E-state index contributed by atoms with van der Waals surface area (Å²) in [5, 5.41) is 0. The first kappa shape index (κ1) is 39.5. The quantitative estimate of drug-likeness (QED) is 0.202. The van der Waals surface area contributed by atoms with Gasteiger partial charge in [0.05, 0.1) is 0 Å². The number of benzene rings is 4. The van der Waals surface area contributed by atoms with Crippen LogP contribution >= 0.6 is 0 Å². The Bertz CT molecular complexity index is 1460. The fourth-order valence-corrected chi connectivity index (χ4v) is 4.70. The summed E-state index contributed by atoms with van der Waals surface area (Å²) < 4.78 is 0. The number of amides is 2. The topological polar surface area (TPSA) is 40.6 Å². The molecule has 0 heterocycles. The van der Waals surface area contributed by atoms with Crippen molar-refractivity contribution in [3.05, 3.63) is 160 Å². The molecule has 0 aliphatic carbocycles. The van der Waals surface area contributed by atoms with Crippen LogP contribution in [-0.2, 0) is 26.2 Å². The maximum Gasteiger partial charge on any atom is 3.00 e. The number of aryl methyl sites for hydroxylation is 2. The molecule has 5 heteroatoms. The average Bonchev–Trinajstić information content (AvgIpc) is 3.02. The van der Waals surface area contributed by atoms with Gasteiger partial charge in [0.2, 0.25) is 11.8 Å². The summed E-state index contributed by atoms with van der Waals surface area (Å²) in [6.07, 6.45) is 0.593. The Hall–Kier alpha value is -3.56. The van der Waals surface area contributed by atoms with Crippen LogP contribution in [0.3, 0.4) is 0 Å². The van der Waals surface area contributed by atoms with Crippen molar-refractivity contribution >= 4 is 11.8 Å². The Morgan fingerprint density at radius 1 is 0.533 bits per heavy atom. The van der Waals surface area contributed by atoms with E-state index in [9.17, 15) is 9.59 Å². The van der Waals surface area contributed by atoms with E-state index in [-0.39, 0.29) is 38.0 Å². The number of hydrogen-bond acceptors (Lipinski definition) is 2. The molecular weight excluding hydrogens is 632 g/mol. The fourth-order valence-electron chi connectivity index (χ4n) is 4.70. The average molecular weight is 681 g/mol. The maximum absolute atomic E-state index is 13.3. The van der Waals surface area contributed by atoms with Crippen molar-refractivity contribution in [1.82, 2.24) is 9.80 Å². The van der Waals surface area contributed by atoms with E-state index >= 15 is 0 Å². The number of carbonyl (C=O) groups excluding carboxylic acids is 2. The third-order valence-corrected chi connectivity index (χ3v) is 8.69. The molecule has 0 spiro atoms. The molecule has 235 valence electrons. The van der Waals surface area contributed by atoms with Gasteiger partial charge in [0, 0.05) is 11.1 Å². The second-order valence-corrected chi connectivity index (χ2v) is 11.5. The van der Waals surface area contributed by atoms with Crippen LogP contribution in [0.1, 0.15) is 83.3 Å². The van der Waals surface area contributed by atoms with E-state index in [2.05, 4.69) is 27.7 Å². The molecule has 4 aromatic rings. The Kier molecular flexibility index (Phi) is 15.6. The third-order valence-electron chi connectivity index (χ3n) is 8.69. The van der Waals surface area contributed by atoms with Crippen LogP contribution in [-0.4, -0.2) is 35.7 Å². The largest absolute Gasteiger partial charge is 3.00 e. The van der Waals surface area contributed by atoms with Crippen LogP contribution in [0.4, 0.5) is 0 Å². The summed E-state index contributed by atoms with van der Waals surface area (Å²) in [5.74, 6) is -0.215. The standard InChI is InChI=1S/C26H35N2O2.2C7H7.Zr/c1-14-12-23(20(7)18(5)16(14)3)25(29)27(10)22(9)28(11)26(30)24-13-15(2)17(4)19(6)21(24)8;2*1-7-5-3-2-4-6-7;/h12-13H,1-11H3;2*2-6H,1H2;/q3*-1;+3. The van der Waals surface area contributed by atoms with Crippen molar-refractivity contribution in [2.75, 3.05) is 14.1 Å². The molecule has 0 atom stereocenters. The van der Waals surface area contributed by atoms with Gasteiger partial charge in [0.1, 0.15) is 0 Å². The first-order valence-electron chi connectivity index (χ1n) is 14.9. The Balaban J connectivity index is 0.000000548.